The molecule has 0 radical (unpaired) electrons. The Hall–Kier alpha value is -2.18. The first-order chi connectivity index (χ1) is 8.10. The lowest BCUT2D eigenvalue weighted by atomic mass is 10.4. The van der Waals surface area contributed by atoms with Gasteiger partial charge in [0.2, 0.25) is 5.95 Å². The summed E-state index contributed by atoms with van der Waals surface area (Å²) >= 11 is 0. The van der Waals surface area contributed by atoms with Crippen molar-refractivity contribution in [2.45, 2.75) is 20.8 Å². The maximum absolute atomic E-state index is 5.60. The zero-order valence-corrected chi connectivity index (χ0v) is 10.0. The average Bonchev–Trinajstić information content (AvgIpc) is 2.57. The average molecular weight is 234 g/mol. The van der Waals surface area contributed by atoms with Crippen LogP contribution in [-0.2, 0) is 0 Å². The molecule has 7 heteroatoms. The van der Waals surface area contributed by atoms with E-state index in [9.17, 15) is 0 Å². The zero-order chi connectivity index (χ0) is 12.4. The highest BCUT2D eigenvalue weighted by Crippen LogP contribution is 2.11. The molecule has 0 saturated heterocycles. The van der Waals surface area contributed by atoms with E-state index in [1.165, 1.54) is 0 Å². The quantitative estimate of drug-likeness (QED) is 0.838. The summed E-state index contributed by atoms with van der Waals surface area (Å²) < 4.78 is 6.82. The Labute approximate surface area is 98.7 Å². The van der Waals surface area contributed by atoms with E-state index in [0.717, 1.165) is 11.4 Å². The standard InChI is InChI=1S/C10H14N6O/c1-4-17-10-13-8(11)12-9(14-10)16-7(3)5-6(2)15-16/h5H,4H2,1-3H3,(H2,11,12,13,14). The molecule has 0 aliphatic heterocycles. The summed E-state index contributed by atoms with van der Waals surface area (Å²) in [5.41, 5.74) is 7.42. The van der Waals surface area contributed by atoms with Crippen LogP contribution in [0, 0.1) is 13.8 Å². The molecule has 2 aromatic heterocycles. The summed E-state index contributed by atoms with van der Waals surface area (Å²) in [4.78, 5) is 12.1. The highest BCUT2D eigenvalue weighted by atomic mass is 16.5. The number of aromatic nitrogens is 5. The van der Waals surface area contributed by atoms with Gasteiger partial charge in [-0.1, -0.05) is 0 Å². The van der Waals surface area contributed by atoms with E-state index < -0.39 is 0 Å². The Morgan fingerprint density at radius 1 is 1.29 bits per heavy atom. The Morgan fingerprint density at radius 3 is 2.65 bits per heavy atom. The van der Waals surface area contributed by atoms with E-state index in [-0.39, 0.29) is 12.0 Å². The molecule has 2 aromatic rings. The lowest BCUT2D eigenvalue weighted by Gasteiger charge is -2.05. The first-order valence-corrected chi connectivity index (χ1v) is 5.28. The van der Waals surface area contributed by atoms with Crippen LogP contribution >= 0.6 is 0 Å². The number of anilines is 1. The van der Waals surface area contributed by atoms with E-state index in [0.29, 0.717) is 12.6 Å². The van der Waals surface area contributed by atoms with E-state index >= 15 is 0 Å². The minimum absolute atomic E-state index is 0.117. The van der Waals surface area contributed by atoms with Crippen LogP contribution in [0.4, 0.5) is 5.95 Å². The molecule has 2 heterocycles. The maximum atomic E-state index is 5.60. The molecule has 0 saturated carbocycles. The molecular formula is C10H14N6O. The van der Waals surface area contributed by atoms with Crippen LogP contribution in [0.15, 0.2) is 6.07 Å². The van der Waals surface area contributed by atoms with Gasteiger partial charge in [-0.3, -0.25) is 0 Å². The van der Waals surface area contributed by atoms with Crippen LogP contribution in [-0.4, -0.2) is 31.3 Å². The Balaban J connectivity index is 2.48. The Morgan fingerprint density at radius 2 is 2.06 bits per heavy atom. The number of hydrogen-bond donors (Lipinski definition) is 1. The van der Waals surface area contributed by atoms with Crippen molar-refractivity contribution < 1.29 is 4.74 Å². The minimum Gasteiger partial charge on any atom is -0.464 e. The van der Waals surface area contributed by atoms with Gasteiger partial charge in [0.1, 0.15) is 0 Å². The molecule has 2 N–H and O–H groups in total. The molecule has 0 aliphatic carbocycles. The number of ether oxygens (including phenoxy) is 1. The van der Waals surface area contributed by atoms with Gasteiger partial charge in [-0.05, 0) is 26.8 Å². The molecule has 90 valence electrons. The summed E-state index contributed by atoms with van der Waals surface area (Å²) in [5.74, 6) is 0.484. The van der Waals surface area contributed by atoms with Gasteiger partial charge in [-0.25, -0.2) is 4.68 Å². The van der Waals surface area contributed by atoms with Gasteiger partial charge >= 0.3 is 6.01 Å². The third-order valence-electron chi connectivity index (χ3n) is 2.09. The second kappa shape index (κ2) is 4.36. The van der Waals surface area contributed by atoms with Crippen molar-refractivity contribution in [1.82, 2.24) is 24.7 Å². The first kappa shape index (κ1) is 11.3. The number of nitrogens with two attached hydrogens (primary N) is 1. The van der Waals surface area contributed by atoms with Crippen molar-refractivity contribution in [3.8, 4) is 12.0 Å². The van der Waals surface area contributed by atoms with Crippen LogP contribution in [0.25, 0.3) is 5.95 Å². The van der Waals surface area contributed by atoms with Crippen LogP contribution in [0.1, 0.15) is 18.3 Å². The Kier molecular flexibility index (Phi) is 2.90. The highest BCUT2D eigenvalue weighted by molar-refractivity contribution is 5.26. The zero-order valence-electron chi connectivity index (χ0n) is 10.0. The molecular weight excluding hydrogens is 220 g/mol. The largest absolute Gasteiger partial charge is 0.464 e. The third-order valence-corrected chi connectivity index (χ3v) is 2.09. The van der Waals surface area contributed by atoms with Crippen molar-refractivity contribution in [2.24, 2.45) is 0 Å². The van der Waals surface area contributed by atoms with Gasteiger partial charge in [0.25, 0.3) is 5.95 Å². The highest BCUT2D eigenvalue weighted by Gasteiger charge is 2.10. The second-order valence-corrected chi connectivity index (χ2v) is 3.55. The van der Waals surface area contributed by atoms with Gasteiger partial charge in [0, 0.05) is 5.69 Å². The number of hydrogen-bond acceptors (Lipinski definition) is 6. The topological polar surface area (TPSA) is 91.7 Å². The summed E-state index contributed by atoms with van der Waals surface area (Å²) in [6.45, 7) is 6.14. The summed E-state index contributed by atoms with van der Waals surface area (Å²) in [5, 5.41) is 4.28. The Bertz CT molecular complexity index is 536. The van der Waals surface area contributed by atoms with Gasteiger partial charge < -0.3 is 10.5 Å². The van der Waals surface area contributed by atoms with Gasteiger partial charge in [-0.2, -0.15) is 20.1 Å². The summed E-state index contributed by atoms with van der Waals surface area (Å²) in [6, 6.07) is 2.14. The normalized spacial score (nSPS) is 10.5. The fraction of sp³-hybridized carbons (Fsp3) is 0.400. The van der Waals surface area contributed by atoms with Gasteiger partial charge in [0.05, 0.1) is 12.3 Å². The van der Waals surface area contributed by atoms with Crippen LogP contribution in [0.3, 0.4) is 0 Å². The third kappa shape index (κ3) is 2.32. The molecule has 0 atom stereocenters. The lowest BCUT2D eigenvalue weighted by Crippen LogP contribution is -2.10. The predicted octanol–water partition coefficient (Wildman–Crippen LogP) is 0.655. The fourth-order valence-corrected chi connectivity index (χ4v) is 1.48. The SMILES string of the molecule is CCOc1nc(N)nc(-n2nc(C)cc2C)n1. The van der Waals surface area contributed by atoms with Crippen LogP contribution in [0.2, 0.25) is 0 Å². The summed E-state index contributed by atoms with van der Waals surface area (Å²) in [7, 11) is 0. The fourth-order valence-electron chi connectivity index (χ4n) is 1.48. The number of rotatable bonds is 3. The molecule has 0 aliphatic rings. The molecule has 0 amide bonds. The second-order valence-electron chi connectivity index (χ2n) is 3.55. The van der Waals surface area contributed by atoms with Crippen molar-refractivity contribution in [1.29, 1.82) is 0 Å². The first-order valence-electron chi connectivity index (χ1n) is 5.28. The van der Waals surface area contributed by atoms with E-state index in [1.54, 1.807) is 4.68 Å². The molecule has 0 spiro atoms. The molecule has 0 unspecified atom stereocenters. The molecule has 7 nitrogen and oxygen atoms in total. The van der Waals surface area contributed by atoms with Crippen molar-refractivity contribution in [3.05, 3.63) is 17.5 Å². The molecule has 0 fully saturated rings. The van der Waals surface area contributed by atoms with E-state index in [2.05, 4.69) is 20.1 Å². The molecule has 0 bridgehead atoms. The minimum atomic E-state index is 0.117. The lowest BCUT2D eigenvalue weighted by molar-refractivity contribution is 0.311. The molecule has 0 aromatic carbocycles. The van der Waals surface area contributed by atoms with Crippen LogP contribution in [0.5, 0.6) is 6.01 Å². The molecule has 2 rings (SSSR count). The van der Waals surface area contributed by atoms with Crippen molar-refractivity contribution in [3.63, 3.8) is 0 Å². The van der Waals surface area contributed by atoms with Crippen molar-refractivity contribution >= 4 is 5.95 Å². The maximum Gasteiger partial charge on any atom is 0.323 e. The monoisotopic (exact) mass is 234 g/mol. The van der Waals surface area contributed by atoms with E-state index in [4.69, 9.17) is 10.5 Å². The van der Waals surface area contributed by atoms with Crippen LogP contribution < -0.4 is 10.5 Å². The number of aryl methyl sites for hydroxylation is 2. The smallest absolute Gasteiger partial charge is 0.323 e. The van der Waals surface area contributed by atoms with E-state index in [1.807, 2.05) is 26.8 Å². The molecule has 17 heavy (non-hydrogen) atoms. The number of nitrogens with zero attached hydrogens (tertiary/aromatic N) is 5. The van der Waals surface area contributed by atoms with Crippen molar-refractivity contribution in [2.75, 3.05) is 12.3 Å². The van der Waals surface area contributed by atoms with Gasteiger partial charge in [-0.15, -0.1) is 0 Å². The predicted molar refractivity (Wildman–Crippen MR) is 62.0 cm³/mol. The summed E-state index contributed by atoms with van der Waals surface area (Å²) in [6.07, 6.45) is 0. The van der Waals surface area contributed by atoms with Gasteiger partial charge in [0.15, 0.2) is 0 Å². The number of nitrogen functional groups attached to an aromatic ring is 1.